The molecule has 4 heteroatoms. The Bertz CT molecular complexity index is 406. The summed E-state index contributed by atoms with van der Waals surface area (Å²) in [7, 11) is 2.28. The van der Waals surface area contributed by atoms with E-state index in [9.17, 15) is 0 Å². The van der Waals surface area contributed by atoms with Gasteiger partial charge in [-0.05, 0) is 40.3 Å². The normalized spacial score (nSPS) is 19.6. The molecule has 0 unspecified atom stereocenters. The van der Waals surface area contributed by atoms with E-state index in [1.165, 1.54) is 25.7 Å². The summed E-state index contributed by atoms with van der Waals surface area (Å²) >= 11 is 0. The Labute approximate surface area is 123 Å². The van der Waals surface area contributed by atoms with Crippen LogP contribution in [0.25, 0.3) is 0 Å². The van der Waals surface area contributed by atoms with E-state index in [-0.39, 0.29) is 0 Å². The molecule has 0 bridgehead atoms. The molecule has 1 aromatic rings. The molecule has 20 heavy (non-hydrogen) atoms. The van der Waals surface area contributed by atoms with Gasteiger partial charge in [-0.3, -0.25) is 4.90 Å². The van der Waals surface area contributed by atoms with Gasteiger partial charge in [0.05, 0.1) is 0 Å². The third-order valence-corrected chi connectivity index (χ3v) is 4.99. The van der Waals surface area contributed by atoms with Crippen LogP contribution in [0.1, 0.15) is 45.4 Å². The fourth-order valence-electron chi connectivity index (χ4n) is 3.38. The maximum absolute atomic E-state index is 4.29. The minimum Gasteiger partial charge on any atom is -0.334 e. The van der Waals surface area contributed by atoms with Crippen LogP contribution in [0, 0.1) is 6.92 Å². The van der Waals surface area contributed by atoms with Crippen LogP contribution in [0.3, 0.4) is 0 Å². The van der Waals surface area contributed by atoms with Crippen LogP contribution < -0.4 is 5.32 Å². The molecule has 1 N–H and O–H groups in total. The number of hydrogen-bond donors (Lipinski definition) is 1. The van der Waals surface area contributed by atoms with Crippen LogP contribution in [-0.2, 0) is 6.54 Å². The molecule has 4 nitrogen and oxygen atoms in total. The summed E-state index contributed by atoms with van der Waals surface area (Å²) in [4.78, 5) is 6.83. The Morgan fingerprint density at radius 1 is 1.45 bits per heavy atom. The molecule has 0 radical (unpaired) electrons. The van der Waals surface area contributed by atoms with Gasteiger partial charge in [-0.2, -0.15) is 0 Å². The summed E-state index contributed by atoms with van der Waals surface area (Å²) in [6, 6.07) is 0.477. The van der Waals surface area contributed by atoms with E-state index >= 15 is 0 Å². The van der Waals surface area contributed by atoms with Crippen molar-refractivity contribution < 1.29 is 0 Å². The third kappa shape index (κ3) is 3.41. The monoisotopic (exact) mass is 278 g/mol. The lowest BCUT2D eigenvalue weighted by molar-refractivity contribution is 0.124. The van der Waals surface area contributed by atoms with Gasteiger partial charge in [0.1, 0.15) is 5.82 Å². The minimum atomic E-state index is 0.382. The highest BCUT2D eigenvalue weighted by Crippen LogP contribution is 2.33. The lowest BCUT2D eigenvalue weighted by atomic mass is 9.95. The van der Waals surface area contributed by atoms with E-state index in [4.69, 9.17) is 0 Å². The zero-order valence-electron chi connectivity index (χ0n) is 13.5. The summed E-state index contributed by atoms with van der Waals surface area (Å²) in [5.41, 5.74) is 0.382. The Balaban J connectivity index is 1.88. The number of nitrogens with one attached hydrogen (secondary N) is 1. The molecule has 1 fully saturated rings. The second-order valence-corrected chi connectivity index (χ2v) is 6.35. The largest absolute Gasteiger partial charge is 0.334 e. The number of imidazole rings is 1. The standard InChI is InChI=1S/C16H30N4/c1-5-19(4)16(8-6-7-9-16)13-18-14(2)12-20-11-10-17-15(20)3/h10-11,14,18H,5-9,12-13H2,1-4H3/t14-/m0/s1. The fraction of sp³-hybridized carbons (Fsp3) is 0.812. The number of nitrogens with zero attached hydrogens (tertiary/aromatic N) is 3. The van der Waals surface area contributed by atoms with Crippen molar-refractivity contribution in [2.24, 2.45) is 0 Å². The lowest BCUT2D eigenvalue weighted by Gasteiger charge is -2.39. The van der Waals surface area contributed by atoms with Crippen molar-refractivity contribution in [2.75, 3.05) is 20.1 Å². The summed E-state index contributed by atoms with van der Waals surface area (Å²) in [6.45, 7) is 9.84. The fourth-order valence-corrected chi connectivity index (χ4v) is 3.38. The van der Waals surface area contributed by atoms with Crippen molar-refractivity contribution in [3.8, 4) is 0 Å². The Morgan fingerprint density at radius 3 is 2.70 bits per heavy atom. The van der Waals surface area contributed by atoms with Crippen molar-refractivity contribution in [3.05, 3.63) is 18.2 Å². The molecule has 0 aliphatic heterocycles. The van der Waals surface area contributed by atoms with E-state index in [0.717, 1.165) is 25.5 Å². The van der Waals surface area contributed by atoms with Gasteiger partial charge in [-0.15, -0.1) is 0 Å². The molecule has 1 aliphatic carbocycles. The van der Waals surface area contributed by atoms with Gasteiger partial charge in [0.25, 0.3) is 0 Å². The van der Waals surface area contributed by atoms with Gasteiger partial charge in [0.2, 0.25) is 0 Å². The first-order chi connectivity index (χ1) is 9.57. The lowest BCUT2D eigenvalue weighted by Crippen LogP contribution is -2.53. The number of hydrogen-bond acceptors (Lipinski definition) is 3. The molecular formula is C16H30N4. The van der Waals surface area contributed by atoms with E-state index in [1.54, 1.807) is 0 Å². The predicted octanol–water partition coefficient (Wildman–Crippen LogP) is 2.43. The van der Waals surface area contributed by atoms with Gasteiger partial charge in [-0.25, -0.2) is 4.98 Å². The highest BCUT2D eigenvalue weighted by Gasteiger charge is 2.36. The van der Waals surface area contributed by atoms with Crippen molar-refractivity contribution >= 4 is 0 Å². The van der Waals surface area contributed by atoms with Gasteiger partial charge in [-0.1, -0.05) is 19.8 Å². The summed E-state index contributed by atoms with van der Waals surface area (Å²) < 4.78 is 2.22. The SMILES string of the molecule is CCN(C)C1(CN[C@@H](C)Cn2ccnc2C)CCCC1. The first kappa shape index (κ1) is 15.5. The predicted molar refractivity (Wildman–Crippen MR) is 83.9 cm³/mol. The van der Waals surface area contributed by atoms with E-state index in [2.05, 4.69) is 53.8 Å². The maximum atomic E-state index is 4.29. The highest BCUT2D eigenvalue weighted by molar-refractivity contribution is 4.96. The van der Waals surface area contributed by atoms with Crippen LogP contribution in [-0.4, -0.2) is 46.2 Å². The Hall–Kier alpha value is -0.870. The maximum Gasteiger partial charge on any atom is 0.105 e. The number of rotatable bonds is 7. The van der Waals surface area contributed by atoms with Crippen LogP contribution in [0.4, 0.5) is 0 Å². The number of aryl methyl sites for hydroxylation is 1. The molecule has 1 aromatic heterocycles. The Morgan fingerprint density at radius 2 is 2.15 bits per heavy atom. The molecule has 1 heterocycles. The Kier molecular flexibility index (Phi) is 5.22. The third-order valence-electron chi connectivity index (χ3n) is 4.99. The molecule has 114 valence electrons. The molecule has 0 amide bonds. The van der Waals surface area contributed by atoms with Crippen LogP contribution in [0.2, 0.25) is 0 Å². The zero-order valence-corrected chi connectivity index (χ0v) is 13.5. The van der Waals surface area contributed by atoms with Crippen molar-refractivity contribution in [3.63, 3.8) is 0 Å². The number of aromatic nitrogens is 2. The van der Waals surface area contributed by atoms with Crippen molar-refractivity contribution in [2.45, 2.75) is 64.6 Å². The molecule has 0 saturated heterocycles. The molecule has 0 spiro atoms. The van der Waals surface area contributed by atoms with Crippen LogP contribution >= 0.6 is 0 Å². The highest BCUT2D eigenvalue weighted by atomic mass is 15.2. The summed E-state index contributed by atoms with van der Waals surface area (Å²) in [5.74, 6) is 1.10. The van der Waals surface area contributed by atoms with E-state index < -0.39 is 0 Å². The molecule has 1 aliphatic rings. The summed E-state index contributed by atoms with van der Waals surface area (Å²) in [5, 5.41) is 3.76. The average Bonchev–Trinajstić information content (AvgIpc) is 3.07. The second kappa shape index (κ2) is 6.72. The molecule has 1 atom stereocenters. The van der Waals surface area contributed by atoms with Crippen molar-refractivity contribution in [1.82, 2.24) is 19.8 Å². The van der Waals surface area contributed by atoms with E-state index in [1.807, 2.05) is 6.20 Å². The summed E-state index contributed by atoms with van der Waals surface area (Å²) in [6.07, 6.45) is 9.37. The van der Waals surface area contributed by atoms with Gasteiger partial charge >= 0.3 is 0 Å². The average molecular weight is 278 g/mol. The number of likely N-dealkylation sites (N-methyl/N-ethyl adjacent to an activating group) is 1. The van der Waals surface area contributed by atoms with Crippen LogP contribution in [0.15, 0.2) is 12.4 Å². The van der Waals surface area contributed by atoms with Gasteiger partial charge in [0, 0.05) is 37.1 Å². The molecular weight excluding hydrogens is 248 g/mol. The van der Waals surface area contributed by atoms with Crippen LogP contribution in [0.5, 0.6) is 0 Å². The van der Waals surface area contributed by atoms with Gasteiger partial charge in [0.15, 0.2) is 0 Å². The topological polar surface area (TPSA) is 33.1 Å². The smallest absolute Gasteiger partial charge is 0.105 e. The molecule has 1 saturated carbocycles. The van der Waals surface area contributed by atoms with E-state index in [0.29, 0.717) is 11.6 Å². The second-order valence-electron chi connectivity index (χ2n) is 6.35. The zero-order chi connectivity index (χ0) is 14.6. The van der Waals surface area contributed by atoms with Crippen molar-refractivity contribution in [1.29, 1.82) is 0 Å². The molecule has 2 rings (SSSR count). The molecule has 0 aromatic carbocycles. The van der Waals surface area contributed by atoms with Gasteiger partial charge < -0.3 is 9.88 Å². The first-order valence-corrected chi connectivity index (χ1v) is 8.00. The minimum absolute atomic E-state index is 0.382. The first-order valence-electron chi connectivity index (χ1n) is 8.00. The quantitative estimate of drug-likeness (QED) is 0.831.